The van der Waals surface area contributed by atoms with E-state index < -0.39 is 50.3 Å². The number of nitrogens with zero attached hydrogens (tertiary/aromatic N) is 3. The Balaban J connectivity index is 1.42. The van der Waals surface area contributed by atoms with Gasteiger partial charge in [0, 0.05) is 49.4 Å². The van der Waals surface area contributed by atoms with Crippen molar-refractivity contribution in [2.24, 2.45) is 0 Å². The van der Waals surface area contributed by atoms with E-state index in [0.717, 1.165) is 17.2 Å². The van der Waals surface area contributed by atoms with Crippen LogP contribution in [0, 0.1) is 6.92 Å². The van der Waals surface area contributed by atoms with Crippen LogP contribution in [0.1, 0.15) is 32.0 Å². The van der Waals surface area contributed by atoms with Crippen LogP contribution in [0.3, 0.4) is 0 Å². The Bertz CT molecular complexity index is 1740. The predicted octanol–water partition coefficient (Wildman–Crippen LogP) is 2.62. The Hall–Kier alpha value is -3.50. The van der Waals surface area contributed by atoms with Gasteiger partial charge in [0.25, 0.3) is 0 Å². The lowest BCUT2D eigenvalue weighted by Crippen LogP contribution is -2.56. The molecule has 1 aromatic heterocycles. The van der Waals surface area contributed by atoms with Gasteiger partial charge in [0.05, 0.1) is 16.7 Å². The predicted molar refractivity (Wildman–Crippen MR) is 164 cm³/mol. The molecule has 15 heteroatoms. The maximum Gasteiger partial charge on any atom is 0.419 e. The van der Waals surface area contributed by atoms with E-state index in [0.29, 0.717) is 17.0 Å². The van der Waals surface area contributed by atoms with Gasteiger partial charge in [-0.15, -0.1) is 0 Å². The number of hydrogen-bond acceptors (Lipinski definition) is 9. The SMILES string of the molecule is Cc1c(COc2ccc(S(=O)(=O)NC[C@@H](C(=O)O)N3CCN(S(C)(=O)=O)CC3)cc2)c2ccccc2n1C(=O)OC(C)(C)C. The Morgan fingerprint density at radius 3 is 2.16 bits per heavy atom. The molecule has 2 heterocycles. The molecule has 1 fully saturated rings. The Kier molecular flexibility index (Phi) is 9.75. The number of carboxylic acid groups (broad SMARTS) is 1. The number of fused-ring (bicyclic) bond motifs is 1. The summed E-state index contributed by atoms with van der Waals surface area (Å²) in [6.45, 7) is 7.48. The Labute approximate surface area is 257 Å². The molecule has 240 valence electrons. The summed E-state index contributed by atoms with van der Waals surface area (Å²) in [7, 11) is -7.45. The number of ether oxygens (including phenoxy) is 2. The highest BCUT2D eigenvalue weighted by molar-refractivity contribution is 7.89. The lowest BCUT2D eigenvalue weighted by molar-refractivity contribution is -0.143. The number of benzene rings is 2. The topological polar surface area (TPSA) is 165 Å². The van der Waals surface area contributed by atoms with Crippen molar-refractivity contribution in [1.82, 2.24) is 18.5 Å². The van der Waals surface area contributed by atoms with Crippen molar-refractivity contribution in [3.8, 4) is 5.75 Å². The second kappa shape index (κ2) is 12.9. The van der Waals surface area contributed by atoms with Gasteiger partial charge in [0.2, 0.25) is 20.0 Å². The highest BCUT2D eigenvalue weighted by atomic mass is 32.2. The molecule has 0 spiro atoms. The van der Waals surface area contributed by atoms with Crippen LogP contribution in [0.15, 0.2) is 53.4 Å². The van der Waals surface area contributed by atoms with E-state index in [1.165, 1.54) is 33.1 Å². The van der Waals surface area contributed by atoms with Crippen LogP contribution < -0.4 is 9.46 Å². The lowest BCUT2D eigenvalue weighted by atomic mass is 10.1. The van der Waals surface area contributed by atoms with Crippen molar-refractivity contribution >= 4 is 43.0 Å². The summed E-state index contributed by atoms with van der Waals surface area (Å²) in [5.74, 6) is -0.822. The van der Waals surface area contributed by atoms with Crippen LogP contribution in [-0.2, 0) is 36.2 Å². The Morgan fingerprint density at radius 1 is 0.977 bits per heavy atom. The van der Waals surface area contributed by atoms with Crippen molar-refractivity contribution in [3.63, 3.8) is 0 Å². The van der Waals surface area contributed by atoms with Gasteiger partial charge in [-0.1, -0.05) is 18.2 Å². The number of carboxylic acids is 1. The molecule has 0 radical (unpaired) electrons. The molecule has 0 amide bonds. The molecule has 13 nitrogen and oxygen atoms in total. The first-order valence-corrected chi connectivity index (χ1v) is 17.3. The molecule has 0 saturated carbocycles. The third-order valence-corrected chi connectivity index (χ3v) is 10.0. The largest absolute Gasteiger partial charge is 0.489 e. The van der Waals surface area contributed by atoms with Crippen molar-refractivity contribution in [1.29, 1.82) is 0 Å². The number of para-hydroxylation sites is 1. The number of aromatic nitrogens is 1. The van der Waals surface area contributed by atoms with Crippen molar-refractivity contribution < 1.29 is 41.0 Å². The number of nitrogens with one attached hydrogen (secondary N) is 1. The number of rotatable bonds is 10. The number of aliphatic carboxylic acids is 1. The zero-order chi connectivity index (χ0) is 32.4. The fraction of sp³-hybridized carbons (Fsp3) is 0.448. The highest BCUT2D eigenvalue weighted by Gasteiger charge is 2.32. The molecule has 0 aliphatic carbocycles. The van der Waals surface area contributed by atoms with Gasteiger partial charge in [-0.2, -0.15) is 4.31 Å². The molecule has 4 rings (SSSR count). The van der Waals surface area contributed by atoms with Crippen LogP contribution in [0.25, 0.3) is 10.9 Å². The van der Waals surface area contributed by atoms with Gasteiger partial charge >= 0.3 is 12.1 Å². The summed E-state index contributed by atoms with van der Waals surface area (Å²) in [5, 5.41) is 10.5. The van der Waals surface area contributed by atoms with E-state index in [1.807, 2.05) is 24.3 Å². The molecule has 0 unspecified atom stereocenters. The minimum absolute atomic E-state index is 0.0754. The standard InChI is InChI=1S/C29H38N4O9S2/c1-20-24(23-8-6-7-9-25(23)33(20)28(36)42-29(2,3)4)19-41-21-10-12-22(13-11-21)44(39,40)30-18-26(27(34)35)31-14-16-32(17-15-31)43(5,37)38/h6-13,26,30H,14-19H2,1-5H3,(H,34,35)/t26-/m0/s1. The molecule has 1 atom stereocenters. The molecule has 2 aromatic carbocycles. The van der Waals surface area contributed by atoms with Crippen LogP contribution >= 0.6 is 0 Å². The lowest BCUT2D eigenvalue weighted by Gasteiger charge is -2.36. The van der Waals surface area contributed by atoms with E-state index in [-0.39, 0.29) is 37.7 Å². The van der Waals surface area contributed by atoms with E-state index in [9.17, 15) is 31.5 Å². The second-order valence-electron chi connectivity index (χ2n) is 11.6. The van der Waals surface area contributed by atoms with Gasteiger partial charge in [-0.3, -0.25) is 9.69 Å². The van der Waals surface area contributed by atoms with Crippen molar-refractivity contribution in [2.75, 3.05) is 39.0 Å². The van der Waals surface area contributed by atoms with Crippen LogP contribution in [0.4, 0.5) is 4.79 Å². The summed E-state index contributed by atoms with van der Waals surface area (Å²) in [6, 6.07) is 11.9. The summed E-state index contributed by atoms with van der Waals surface area (Å²) in [4.78, 5) is 26.4. The number of carbonyl (C=O) groups is 2. The van der Waals surface area contributed by atoms with Crippen LogP contribution in [0.5, 0.6) is 5.75 Å². The van der Waals surface area contributed by atoms with E-state index in [1.54, 1.807) is 32.6 Å². The van der Waals surface area contributed by atoms with E-state index in [4.69, 9.17) is 9.47 Å². The molecule has 2 N–H and O–H groups in total. The molecule has 3 aromatic rings. The van der Waals surface area contributed by atoms with Gasteiger partial charge in [0.1, 0.15) is 24.0 Å². The Morgan fingerprint density at radius 2 is 1.59 bits per heavy atom. The first-order chi connectivity index (χ1) is 20.5. The number of sulfonamides is 2. The van der Waals surface area contributed by atoms with Crippen molar-refractivity contribution in [2.45, 2.75) is 50.8 Å². The molecular weight excluding hydrogens is 612 g/mol. The molecule has 1 aliphatic heterocycles. The average Bonchev–Trinajstić information content (AvgIpc) is 3.21. The fourth-order valence-electron chi connectivity index (χ4n) is 5.02. The minimum atomic E-state index is -4.06. The highest BCUT2D eigenvalue weighted by Crippen LogP contribution is 2.28. The summed E-state index contributed by atoms with van der Waals surface area (Å²) in [5.41, 5.74) is 1.45. The molecule has 1 aliphatic rings. The van der Waals surface area contributed by atoms with E-state index >= 15 is 0 Å². The first-order valence-electron chi connectivity index (χ1n) is 13.9. The normalized spacial score (nSPS) is 16.1. The smallest absolute Gasteiger partial charge is 0.419 e. The molecule has 44 heavy (non-hydrogen) atoms. The first kappa shape index (κ1) is 33.4. The third kappa shape index (κ3) is 7.77. The maximum atomic E-state index is 13.0. The fourth-order valence-corrected chi connectivity index (χ4v) is 6.89. The molecule has 1 saturated heterocycles. The number of hydrogen-bond donors (Lipinski definition) is 2. The number of piperazine rings is 1. The summed E-state index contributed by atoms with van der Waals surface area (Å²) >= 11 is 0. The van der Waals surface area contributed by atoms with Gasteiger partial charge in [-0.25, -0.2) is 30.9 Å². The zero-order valence-electron chi connectivity index (χ0n) is 25.3. The summed E-state index contributed by atoms with van der Waals surface area (Å²) < 4.78 is 66.2. The monoisotopic (exact) mass is 650 g/mol. The van der Waals surface area contributed by atoms with Gasteiger partial charge in [-0.05, 0) is 58.0 Å². The van der Waals surface area contributed by atoms with Crippen LogP contribution in [0.2, 0.25) is 0 Å². The second-order valence-corrected chi connectivity index (χ2v) is 15.3. The minimum Gasteiger partial charge on any atom is -0.489 e. The zero-order valence-corrected chi connectivity index (χ0v) is 26.9. The van der Waals surface area contributed by atoms with E-state index in [2.05, 4.69) is 4.72 Å². The van der Waals surface area contributed by atoms with Gasteiger partial charge < -0.3 is 14.6 Å². The quantitative estimate of drug-likeness (QED) is 0.333. The number of carbonyl (C=O) groups excluding carboxylic acids is 1. The third-order valence-electron chi connectivity index (χ3n) is 7.27. The summed E-state index contributed by atoms with van der Waals surface area (Å²) in [6.07, 6.45) is 0.592. The molecule has 0 bridgehead atoms. The van der Waals surface area contributed by atoms with Gasteiger partial charge in [0.15, 0.2) is 0 Å². The maximum absolute atomic E-state index is 13.0. The van der Waals surface area contributed by atoms with Crippen LogP contribution in [-0.4, -0.2) is 98.4 Å². The molecular formula is C29H38N4O9S2. The van der Waals surface area contributed by atoms with Crippen molar-refractivity contribution in [3.05, 3.63) is 59.8 Å². The average molecular weight is 651 g/mol.